The Morgan fingerprint density at radius 2 is 2.12 bits per heavy atom. The molecular weight excluding hydrogens is 325 g/mol. The van der Waals surface area contributed by atoms with Crippen LogP contribution in [0.15, 0.2) is 18.2 Å². The fourth-order valence-corrected chi connectivity index (χ4v) is 3.25. The third-order valence-electron chi connectivity index (χ3n) is 4.72. The number of anilines is 1. The first-order valence-corrected chi connectivity index (χ1v) is 8.69. The van der Waals surface area contributed by atoms with Crippen LogP contribution in [0.1, 0.15) is 12.0 Å². The highest BCUT2D eigenvalue weighted by molar-refractivity contribution is 6.00. The molecule has 1 unspecified atom stereocenters. The summed E-state index contributed by atoms with van der Waals surface area (Å²) in [5, 5.41) is 2.89. The normalized spacial score (nSPS) is 21.6. The minimum Gasteiger partial charge on any atom is -0.379 e. The van der Waals surface area contributed by atoms with E-state index in [4.69, 9.17) is 4.74 Å². The van der Waals surface area contributed by atoms with Crippen molar-refractivity contribution in [2.45, 2.75) is 13.3 Å². The van der Waals surface area contributed by atoms with Crippen LogP contribution in [0.25, 0.3) is 0 Å². The molecule has 0 bridgehead atoms. The molecule has 25 heavy (non-hydrogen) atoms. The quantitative estimate of drug-likeness (QED) is 0.859. The maximum atomic E-state index is 14.1. The first kappa shape index (κ1) is 17.8. The lowest BCUT2D eigenvalue weighted by Crippen LogP contribution is -2.42. The van der Waals surface area contributed by atoms with Gasteiger partial charge in [-0.15, -0.1) is 0 Å². The SMILES string of the molecule is Cc1ccc(N2CC(C(=O)NCCN3CCOCC3)CC2=O)c(F)c1. The van der Waals surface area contributed by atoms with E-state index in [-0.39, 0.29) is 30.5 Å². The van der Waals surface area contributed by atoms with Crippen molar-refractivity contribution >= 4 is 17.5 Å². The lowest BCUT2D eigenvalue weighted by Gasteiger charge is -2.26. The summed E-state index contributed by atoms with van der Waals surface area (Å²) < 4.78 is 19.4. The molecule has 136 valence electrons. The number of carbonyl (C=O) groups is 2. The Balaban J connectivity index is 1.51. The number of morpholine rings is 1. The van der Waals surface area contributed by atoms with Gasteiger partial charge in [-0.2, -0.15) is 0 Å². The van der Waals surface area contributed by atoms with E-state index in [0.29, 0.717) is 6.54 Å². The van der Waals surface area contributed by atoms with E-state index in [2.05, 4.69) is 10.2 Å². The van der Waals surface area contributed by atoms with Gasteiger partial charge in [-0.25, -0.2) is 4.39 Å². The Morgan fingerprint density at radius 1 is 1.36 bits per heavy atom. The summed E-state index contributed by atoms with van der Waals surface area (Å²) in [4.78, 5) is 28.1. The lowest BCUT2D eigenvalue weighted by molar-refractivity contribution is -0.126. The number of ether oxygens (including phenoxy) is 1. The molecule has 3 rings (SSSR count). The average molecular weight is 349 g/mol. The number of amides is 2. The van der Waals surface area contributed by atoms with Gasteiger partial charge in [-0.3, -0.25) is 14.5 Å². The molecule has 2 fully saturated rings. The van der Waals surface area contributed by atoms with Crippen molar-refractivity contribution in [3.8, 4) is 0 Å². The van der Waals surface area contributed by atoms with E-state index in [1.54, 1.807) is 19.1 Å². The van der Waals surface area contributed by atoms with E-state index in [1.807, 2.05) is 0 Å². The van der Waals surface area contributed by atoms with Crippen LogP contribution in [0, 0.1) is 18.7 Å². The monoisotopic (exact) mass is 349 g/mol. The van der Waals surface area contributed by atoms with Crippen molar-refractivity contribution in [1.29, 1.82) is 0 Å². The Bertz CT molecular complexity index is 646. The number of rotatable bonds is 5. The van der Waals surface area contributed by atoms with E-state index < -0.39 is 11.7 Å². The number of halogens is 1. The van der Waals surface area contributed by atoms with Crippen LogP contribution >= 0.6 is 0 Å². The highest BCUT2D eigenvalue weighted by atomic mass is 19.1. The third-order valence-corrected chi connectivity index (χ3v) is 4.72. The van der Waals surface area contributed by atoms with Crippen LogP contribution in [0.5, 0.6) is 0 Å². The first-order valence-electron chi connectivity index (χ1n) is 8.69. The molecule has 0 aliphatic carbocycles. The summed E-state index contributed by atoms with van der Waals surface area (Å²) in [5.41, 5.74) is 1.05. The molecule has 1 aromatic rings. The standard InChI is InChI=1S/C18H24FN3O3/c1-13-2-3-16(15(19)10-13)22-12-14(11-17(22)23)18(24)20-4-5-21-6-8-25-9-7-21/h2-3,10,14H,4-9,11-12H2,1H3,(H,20,24). The van der Waals surface area contributed by atoms with Gasteiger partial charge < -0.3 is 15.0 Å². The summed E-state index contributed by atoms with van der Waals surface area (Å²) >= 11 is 0. The average Bonchev–Trinajstić information content (AvgIpc) is 2.97. The Labute approximate surface area is 146 Å². The second-order valence-corrected chi connectivity index (χ2v) is 6.61. The number of carbonyl (C=O) groups excluding carboxylic acids is 2. The van der Waals surface area contributed by atoms with E-state index in [1.165, 1.54) is 11.0 Å². The van der Waals surface area contributed by atoms with Crippen LogP contribution in [-0.2, 0) is 14.3 Å². The molecule has 0 aromatic heterocycles. The summed E-state index contributed by atoms with van der Waals surface area (Å²) in [6.07, 6.45) is 0.122. The van der Waals surface area contributed by atoms with Gasteiger partial charge in [-0.05, 0) is 24.6 Å². The highest BCUT2D eigenvalue weighted by Crippen LogP contribution is 2.28. The number of aryl methyl sites for hydroxylation is 1. The van der Waals surface area contributed by atoms with Gasteiger partial charge in [0, 0.05) is 39.1 Å². The van der Waals surface area contributed by atoms with Gasteiger partial charge in [0.15, 0.2) is 0 Å². The van der Waals surface area contributed by atoms with Crippen molar-refractivity contribution in [1.82, 2.24) is 10.2 Å². The zero-order valence-corrected chi connectivity index (χ0v) is 14.5. The highest BCUT2D eigenvalue weighted by Gasteiger charge is 2.36. The van der Waals surface area contributed by atoms with Crippen molar-refractivity contribution in [2.75, 3.05) is 50.8 Å². The number of hydrogen-bond acceptors (Lipinski definition) is 4. The minimum atomic E-state index is -0.433. The van der Waals surface area contributed by atoms with Crippen LogP contribution in [0.4, 0.5) is 10.1 Å². The maximum Gasteiger partial charge on any atom is 0.227 e. The summed E-state index contributed by atoms with van der Waals surface area (Å²) in [6, 6.07) is 4.76. The molecule has 6 nitrogen and oxygen atoms in total. The molecule has 7 heteroatoms. The molecular formula is C18H24FN3O3. The van der Waals surface area contributed by atoms with Crippen LogP contribution in [0.3, 0.4) is 0 Å². The third kappa shape index (κ3) is 4.35. The van der Waals surface area contributed by atoms with Gasteiger partial charge >= 0.3 is 0 Å². The molecule has 1 N–H and O–H groups in total. The number of benzene rings is 1. The summed E-state index contributed by atoms with van der Waals surface area (Å²) in [5.74, 6) is -1.22. The predicted molar refractivity (Wildman–Crippen MR) is 91.9 cm³/mol. The second-order valence-electron chi connectivity index (χ2n) is 6.61. The Morgan fingerprint density at radius 3 is 2.84 bits per heavy atom. The van der Waals surface area contributed by atoms with Gasteiger partial charge in [-0.1, -0.05) is 6.07 Å². The van der Waals surface area contributed by atoms with Gasteiger partial charge in [0.2, 0.25) is 11.8 Å². The fourth-order valence-electron chi connectivity index (χ4n) is 3.25. The number of hydrogen-bond donors (Lipinski definition) is 1. The molecule has 2 aliphatic rings. The van der Waals surface area contributed by atoms with Crippen molar-refractivity contribution < 1.29 is 18.7 Å². The minimum absolute atomic E-state index is 0.122. The summed E-state index contributed by atoms with van der Waals surface area (Å²) in [7, 11) is 0. The van der Waals surface area contributed by atoms with Crippen LogP contribution in [0.2, 0.25) is 0 Å². The molecule has 1 aromatic carbocycles. The predicted octanol–water partition coefficient (Wildman–Crippen LogP) is 0.935. The van der Waals surface area contributed by atoms with Crippen molar-refractivity contribution in [3.63, 3.8) is 0 Å². The number of nitrogens with one attached hydrogen (secondary N) is 1. The molecule has 2 heterocycles. The zero-order chi connectivity index (χ0) is 17.8. The van der Waals surface area contributed by atoms with E-state index in [9.17, 15) is 14.0 Å². The van der Waals surface area contributed by atoms with Gasteiger partial charge in [0.25, 0.3) is 0 Å². The molecule has 1 atom stereocenters. The molecule has 2 amide bonds. The fraction of sp³-hybridized carbons (Fsp3) is 0.556. The molecule has 0 spiro atoms. The Kier molecular flexibility index (Phi) is 5.65. The smallest absolute Gasteiger partial charge is 0.227 e. The Hall–Kier alpha value is -1.99. The van der Waals surface area contributed by atoms with Crippen LogP contribution < -0.4 is 10.2 Å². The van der Waals surface area contributed by atoms with E-state index >= 15 is 0 Å². The van der Waals surface area contributed by atoms with Gasteiger partial charge in [0.05, 0.1) is 24.8 Å². The zero-order valence-electron chi connectivity index (χ0n) is 14.5. The van der Waals surface area contributed by atoms with E-state index in [0.717, 1.165) is 38.4 Å². The second kappa shape index (κ2) is 7.93. The maximum absolute atomic E-state index is 14.1. The molecule has 2 saturated heterocycles. The van der Waals surface area contributed by atoms with Gasteiger partial charge in [0.1, 0.15) is 5.82 Å². The first-order chi connectivity index (χ1) is 12.0. The molecule has 0 saturated carbocycles. The summed E-state index contributed by atoms with van der Waals surface area (Å²) in [6.45, 7) is 6.53. The van der Waals surface area contributed by atoms with Crippen molar-refractivity contribution in [3.05, 3.63) is 29.6 Å². The largest absolute Gasteiger partial charge is 0.379 e. The molecule has 0 radical (unpaired) electrons. The van der Waals surface area contributed by atoms with Crippen molar-refractivity contribution in [2.24, 2.45) is 5.92 Å². The topological polar surface area (TPSA) is 61.9 Å². The number of nitrogens with zero attached hydrogens (tertiary/aromatic N) is 2. The van der Waals surface area contributed by atoms with Crippen LogP contribution in [-0.4, -0.2) is 62.7 Å². The lowest BCUT2D eigenvalue weighted by atomic mass is 10.1. The molecule has 2 aliphatic heterocycles.